The number of benzene rings is 1. The van der Waals surface area contributed by atoms with Crippen molar-refractivity contribution in [1.82, 2.24) is 4.90 Å². The SMILES string of the molecule is O=C1S/C(=C\c2ccc(-c3ccccc3Cl)o2)C(=O)N1Cc1ccc([N+](=O)[O-])o1. The molecular formula is C19H11ClN2O6S. The standard InChI is InChI=1S/C19H11ClN2O6S/c20-14-4-2-1-3-13(14)15-7-5-11(27-15)9-16-18(23)21(19(24)29-16)10-12-6-8-17(28-12)22(25)26/h1-9H,10H2/b16-9-. The molecule has 3 aromatic rings. The number of amides is 2. The zero-order valence-corrected chi connectivity index (χ0v) is 16.1. The number of hydrogen-bond acceptors (Lipinski definition) is 7. The fraction of sp³-hybridized carbons (Fsp3) is 0.0526. The molecule has 0 bridgehead atoms. The number of imide groups is 1. The Morgan fingerprint density at radius 2 is 1.90 bits per heavy atom. The second-order valence-electron chi connectivity index (χ2n) is 5.95. The molecule has 0 saturated carbocycles. The van der Waals surface area contributed by atoms with Crippen molar-refractivity contribution in [2.24, 2.45) is 0 Å². The number of carbonyl (C=O) groups is 2. The van der Waals surface area contributed by atoms with Gasteiger partial charge in [-0.3, -0.25) is 24.6 Å². The Morgan fingerprint density at radius 3 is 2.62 bits per heavy atom. The molecule has 1 aromatic carbocycles. The van der Waals surface area contributed by atoms with Crippen molar-refractivity contribution in [3.8, 4) is 11.3 Å². The molecule has 0 N–H and O–H groups in total. The minimum Gasteiger partial charge on any atom is -0.457 e. The summed E-state index contributed by atoms with van der Waals surface area (Å²) in [7, 11) is 0. The maximum absolute atomic E-state index is 12.6. The quantitative estimate of drug-likeness (QED) is 0.305. The Morgan fingerprint density at radius 1 is 1.10 bits per heavy atom. The minimum absolute atomic E-state index is 0.138. The molecule has 1 fully saturated rings. The summed E-state index contributed by atoms with van der Waals surface area (Å²) in [5.74, 6) is 0.0715. The van der Waals surface area contributed by atoms with Crippen molar-refractivity contribution in [2.45, 2.75) is 6.54 Å². The summed E-state index contributed by atoms with van der Waals surface area (Å²) in [6.07, 6.45) is 1.47. The first-order valence-corrected chi connectivity index (χ1v) is 9.45. The van der Waals surface area contributed by atoms with E-state index in [-0.39, 0.29) is 17.2 Å². The predicted molar refractivity (Wildman–Crippen MR) is 106 cm³/mol. The number of furan rings is 2. The van der Waals surface area contributed by atoms with Crippen LogP contribution in [0.2, 0.25) is 5.02 Å². The second-order valence-corrected chi connectivity index (χ2v) is 7.35. The first-order valence-electron chi connectivity index (χ1n) is 8.25. The van der Waals surface area contributed by atoms with Gasteiger partial charge in [0.2, 0.25) is 0 Å². The molecule has 1 saturated heterocycles. The highest BCUT2D eigenvalue weighted by Gasteiger charge is 2.36. The topological polar surface area (TPSA) is 107 Å². The lowest BCUT2D eigenvalue weighted by molar-refractivity contribution is -0.402. The third-order valence-corrected chi connectivity index (χ3v) is 5.29. The Hall–Kier alpha value is -3.30. The zero-order valence-electron chi connectivity index (χ0n) is 14.5. The van der Waals surface area contributed by atoms with Crippen LogP contribution in [0.1, 0.15) is 11.5 Å². The van der Waals surface area contributed by atoms with Crippen LogP contribution in [0, 0.1) is 10.1 Å². The third-order valence-electron chi connectivity index (χ3n) is 4.05. The van der Waals surface area contributed by atoms with Crippen molar-refractivity contribution in [3.63, 3.8) is 0 Å². The van der Waals surface area contributed by atoms with Gasteiger partial charge in [0.15, 0.2) is 0 Å². The van der Waals surface area contributed by atoms with E-state index >= 15 is 0 Å². The maximum Gasteiger partial charge on any atom is 0.433 e. The van der Waals surface area contributed by atoms with Crippen LogP contribution in [0.4, 0.5) is 10.7 Å². The summed E-state index contributed by atoms with van der Waals surface area (Å²) in [5.41, 5.74) is 0.710. The van der Waals surface area contributed by atoms with Gasteiger partial charge in [-0.2, -0.15) is 0 Å². The summed E-state index contributed by atoms with van der Waals surface area (Å²) < 4.78 is 10.7. The molecule has 3 heterocycles. The van der Waals surface area contributed by atoms with Gasteiger partial charge in [0.1, 0.15) is 22.2 Å². The van der Waals surface area contributed by atoms with Crippen LogP contribution in [0.3, 0.4) is 0 Å². The van der Waals surface area contributed by atoms with Crippen molar-refractivity contribution >= 4 is 46.5 Å². The van der Waals surface area contributed by atoms with Crippen molar-refractivity contribution < 1.29 is 23.3 Å². The maximum atomic E-state index is 12.6. The van der Waals surface area contributed by atoms with E-state index in [1.165, 1.54) is 18.2 Å². The monoisotopic (exact) mass is 430 g/mol. The average molecular weight is 431 g/mol. The number of hydrogen-bond donors (Lipinski definition) is 0. The van der Waals surface area contributed by atoms with Crippen molar-refractivity contribution in [2.75, 3.05) is 0 Å². The Bertz CT molecular complexity index is 1160. The van der Waals surface area contributed by atoms with Gasteiger partial charge >= 0.3 is 5.88 Å². The number of nitrogens with zero attached hydrogens (tertiary/aromatic N) is 2. The normalized spacial score (nSPS) is 15.5. The Balaban J connectivity index is 1.53. The third kappa shape index (κ3) is 3.82. The molecule has 0 atom stereocenters. The molecule has 0 unspecified atom stereocenters. The highest BCUT2D eigenvalue weighted by atomic mass is 35.5. The minimum atomic E-state index is -0.690. The van der Waals surface area contributed by atoms with Crippen LogP contribution < -0.4 is 0 Å². The Kier molecular flexibility index (Phi) is 4.99. The molecule has 29 heavy (non-hydrogen) atoms. The number of nitro groups is 1. The van der Waals surface area contributed by atoms with Crippen LogP contribution in [-0.4, -0.2) is 21.0 Å². The molecule has 4 rings (SSSR count). The number of halogens is 1. The molecule has 2 aromatic heterocycles. The summed E-state index contributed by atoms with van der Waals surface area (Å²) in [6, 6.07) is 13.1. The fourth-order valence-corrected chi connectivity index (χ4v) is 3.75. The highest BCUT2D eigenvalue weighted by molar-refractivity contribution is 8.18. The van der Waals surface area contributed by atoms with Gasteiger partial charge in [0, 0.05) is 11.6 Å². The molecule has 0 spiro atoms. The van der Waals surface area contributed by atoms with Gasteiger partial charge in [-0.15, -0.1) is 0 Å². The molecule has 10 heteroatoms. The molecule has 0 aliphatic carbocycles. The van der Waals surface area contributed by atoms with E-state index in [2.05, 4.69) is 0 Å². The molecule has 1 aliphatic rings. The van der Waals surface area contributed by atoms with Gasteiger partial charge in [-0.05, 0) is 42.1 Å². The average Bonchev–Trinajstić information content (AvgIpc) is 3.40. The zero-order chi connectivity index (χ0) is 20.5. The van der Waals surface area contributed by atoms with Gasteiger partial charge in [0.25, 0.3) is 11.1 Å². The van der Waals surface area contributed by atoms with E-state index in [0.717, 1.165) is 16.7 Å². The highest BCUT2D eigenvalue weighted by Crippen LogP contribution is 2.35. The van der Waals surface area contributed by atoms with Crippen LogP contribution in [0.5, 0.6) is 0 Å². The molecule has 8 nitrogen and oxygen atoms in total. The summed E-state index contributed by atoms with van der Waals surface area (Å²) in [4.78, 5) is 35.9. The fourth-order valence-electron chi connectivity index (χ4n) is 2.71. The summed E-state index contributed by atoms with van der Waals surface area (Å²) in [5, 5.41) is 10.7. The van der Waals surface area contributed by atoms with Crippen LogP contribution in [0.15, 0.2) is 62.3 Å². The summed E-state index contributed by atoms with van der Waals surface area (Å²) in [6.45, 7) is -0.196. The van der Waals surface area contributed by atoms with Gasteiger partial charge < -0.3 is 8.83 Å². The van der Waals surface area contributed by atoms with E-state index in [0.29, 0.717) is 22.1 Å². The van der Waals surface area contributed by atoms with E-state index in [1.807, 2.05) is 6.07 Å². The lowest BCUT2D eigenvalue weighted by atomic mass is 10.2. The van der Waals surface area contributed by atoms with Crippen LogP contribution in [0.25, 0.3) is 17.4 Å². The number of rotatable bonds is 5. The first kappa shape index (κ1) is 19.0. The second kappa shape index (κ2) is 7.61. The van der Waals surface area contributed by atoms with E-state index in [9.17, 15) is 19.7 Å². The van der Waals surface area contributed by atoms with Crippen LogP contribution in [-0.2, 0) is 11.3 Å². The molecule has 0 radical (unpaired) electrons. The van der Waals surface area contributed by atoms with Crippen molar-refractivity contribution in [1.29, 1.82) is 0 Å². The lowest BCUT2D eigenvalue weighted by Crippen LogP contribution is -2.27. The molecular weight excluding hydrogens is 420 g/mol. The smallest absolute Gasteiger partial charge is 0.433 e. The van der Waals surface area contributed by atoms with E-state index < -0.39 is 22.0 Å². The Labute approximate surface area is 172 Å². The van der Waals surface area contributed by atoms with Gasteiger partial charge in [0.05, 0.1) is 22.5 Å². The summed E-state index contributed by atoms with van der Waals surface area (Å²) >= 11 is 6.92. The largest absolute Gasteiger partial charge is 0.457 e. The molecule has 1 aliphatic heterocycles. The van der Waals surface area contributed by atoms with Gasteiger partial charge in [-0.1, -0.05) is 23.7 Å². The number of thioether (sulfide) groups is 1. The first-order chi connectivity index (χ1) is 13.9. The lowest BCUT2D eigenvalue weighted by Gasteiger charge is -2.09. The van der Waals surface area contributed by atoms with E-state index in [1.54, 1.807) is 30.3 Å². The van der Waals surface area contributed by atoms with Crippen molar-refractivity contribution in [3.05, 3.63) is 80.1 Å². The van der Waals surface area contributed by atoms with Gasteiger partial charge in [-0.25, -0.2) is 0 Å². The van der Waals surface area contributed by atoms with Crippen LogP contribution >= 0.6 is 23.4 Å². The molecule has 2 amide bonds. The predicted octanol–water partition coefficient (Wildman–Crippen LogP) is 5.34. The number of carbonyl (C=O) groups excluding carboxylic acids is 2. The van der Waals surface area contributed by atoms with E-state index in [4.69, 9.17) is 20.4 Å². The molecule has 146 valence electrons.